The quantitative estimate of drug-likeness (QED) is 0.829. The molecule has 2 aliphatic rings. The predicted octanol–water partition coefficient (Wildman–Crippen LogP) is 0.753. The van der Waals surface area contributed by atoms with E-state index in [-0.39, 0.29) is 17.4 Å². The maximum absolute atomic E-state index is 12.5. The lowest BCUT2D eigenvalue weighted by molar-refractivity contribution is 0.0676. The molecule has 1 N–H and O–H groups in total. The summed E-state index contributed by atoms with van der Waals surface area (Å²) in [5.74, 6) is 0.428. The number of nitrogens with zero attached hydrogens (tertiary/aromatic N) is 2. The molecule has 3 rings (SSSR count). The highest BCUT2D eigenvalue weighted by molar-refractivity contribution is 7.90. The minimum absolute atomic E-state index is 0.0662. The Hall–Kier alpha value is -1.37. The van der Waals surface area contributed by atoms with E-state index in [2.05, 4.69) is 17.1 Å². The molecule has 1 fully saturated rings. The van der Waals surface area contributed by atoms with Crippen LogP contribution in [-0.2, 0) is 22.0 Å². The van der Waals surface area contributed by atoms with Crippen LogP contribution in [-0.4, -0.2) is 48.3 Å². The average molecular weight is 297 g/mol. The summed E-state index contributed by atoms with van der Waals surface area (Å²) in [6.07, 6.45) is 2.56. The van der Waals surface area contributed by atoms with Gasteiger partial charge in [-0.1, -0.05) is 6.92 Å². The molecule has 1 aromatic rings. The predicted molar refractivity (Wildman–Crippen MR) is 74.1 cm³/mol. The van der Waals surface area contributed by atoms with Gasteiger partial charge in [0.05, 0.1) is 11.5 Å². The van der Waals surface area contributed by atoms with Crippen LogP contribution >= 0.6 is 0 Å². The zero-order valence-corrected chi connectivity index (χ0v) is 12.4. The van der Waals surface area contributed by atoms with Gasteiger partial charge < -0.3 is 4.90 Å². The highest BCUT2D eigenvalue weighted by atomic mass is 32.2. The standard InChI is InChI=1S/C13H19N3O3S/c1-9-3-2-5-16(7-9)13(17)12-10-8-20(18,19)6-4-11(10)14-15-12/h9H,2-8H2,1H3,(H,14,15). The second kappa shape index (κ2) is 4.87. The molecule has 0 aromatic carbocycles. The summed E-state index contributed by atoms with van der Waals surface area (Å²) >= 11 is 0. The molecule has 2 aliphatic heterocycles. The van der Waals surface area contributed by atoms with Gasteiger partial charge in [0, 0.05) is 30.8 Å². The molecule has 0 bridgehead atoms. The second-order valence-corrected chi connectivity index (χ2v) is 8.05. The molecule has 110 valence electrons. The van der Waals surface area contributed by atoms with Gasteiger partial charge in [-0.15, -0.1) is 0 Å². The SMILES string of the molecule is CC1CCCN(C(=O)c2n[nH]c3c2CS(=O)(=O)CC3)C1. The van der Waals surface area contributed by atoms with Crippen LogP contribution < -0.4 is 0 Å². The van der Waals surface area contributed by atoms with Crippen molar-refractivity contribution < 1.29 is 13.2 Å². The normalized spacial score (nSPS) is 25.2. The number of piperidine rings is 1. The van der Waals surface area contributed by atoms with Crippen molar-refractivity contribution in [2.75, 3.05) is 18.8 Å². The highest BCUT2D eigenvalue weighted by Gasteiger charge is 2.31. The molecule has 0 aliphatic carbocycles. The zero-order valence-electron chi connectivity index (χ0n) is 11.6. The third-order valence-electron chi connectivity index (χ3n) is 4.13. The summed E-state index contributed by atoms with van der Waals surface area (Å²) in [7, 11) is -3.09. The van der Waals surface area contributed by atoms with Crippen molar-refractivity contribution in [3.63, 3.8) is 0 Å². The number of sulfone groups is 1. The number of aromatic nitrogens is 2. The Labute approximate surface area is 118 Å². The van der Waals surface area contributed by atoms with Gasteiger partial charge in [-0.2, -0.15) is 5.10 Å². The monoisotopic (exact) mass is 297 g/mol. The van der Waals surface area contributed by atoms with Gasteiger partial charge >= 0.3 is 0 Å². The number of likely N-dealkylation sites (tertiary alicyclic amines) is 1. The first-order valence-electron chi connectivity index (χ1n) is 7.02. The molecule has 6 nitrogen and oxygen atoms in total. The number of carbonyl (C=O) groups is 1. The van der Waals surface area contributed by atoms with E-state index in [0.29, 0.717) is 23.6 Å². The molecular weight excluding hydrogens is 278 g/mol. The maximum Gasteiger partial charge on any atom is 0.274 e. The first-order valence-corrected chi connectivity index (χ1v) is 8.84. The molecule has 1 atom stereocenters. The van der Waals surface area contributed by atoms with Crippen LogP contribution in [0.1, 0.15) is 41.5 Å². The van der Waals surface area contributed by atoms with Gasteiger partial charge in [0.2, 0.25) is 0 Å². The minimum Gasteiger partial charge on any atom is -0.337 e. The number of H-pyrrole nitrogens is 1. The van der Waals surface area contributed by atoms with Crippen LogP contribution in [0.15, 0.2) is 0 Å². The van der Waals surface area contributed by atoms with E-state index < -0.39 is 9.84 Å². The first-order chi connectivity index (χ1) is 9.46. The van der Waals surface area contributed by atoms with E-state index in [1.165, 1.54) is 0 Å². The van der Waals surface area contributed by atoms with Gasteiger partial charge in [-0.3, -0.25) is 9.89 Å². The Bertz CT molecular complexity index is 635. The summed E-state index contributed by atoms with van der Waals surface area (Å²) in [5.41, 5.74) is 1.69. The van der Waals surface area contributed by atoms with Crippen molar-refractivity contribution in [2.24, 2.45) is 5.92 Å². The summed E-state index contributed by atoms with van der Waals surface area (Å²) < 4.78 is 23.5. The smallest absolute Gasteiger partial charge is 0.274 e. The van der Waals surface area contributed by atoms with Crippen LogP contribution in [0.4, 0.5) is 0 Å². The van der Waals surface area contributed by atoms with E-state index in [9.17, 15) is 13.2 Å². The fourth-order valence-electron chi connectivity index (χ4n) is 3.01. The third-order valence-corrected chi connectivity index (χ3v) is 5.68. The number of hydrogen-bond acceptors (Lipinski definition) is 4. The van der Waals surface area contributed by atoms with E-state index >= 15 is 0 Å². The Morgan fingerprint density at radius 2 is 2.25 bits per heavy atom. The highest BCUT2D eigenvalue weighted by Crippen LogP contribution is 2.24. The molecule has 20 heavy (non-hydrogen) atoms. The molecule has 0 radical (unpaired) electrons. The Morgan fingerprint density at radius 1 is 1.45 bits per heavy atom. The number of carbonyl (C=O) groups excluding carboxylic acids is 1. The largest absolute Gasteiger partial charge is 0.337 e. The van der Waals surface area contributed by atoms with Gasteiger partial charge in [-0.25, -0.2) is 8.42 Å². The molecule has 0 spiro atoms. The van der Waals surface area contributed by atoms with Crippen LogP contribution in [0.2, 0.25) is 0 Å². The lowest BCUT2D eigenvalue weighted by atomic mass is 9.99. The lowest BCUT2D eigenvalue weighted by Gasteiger charge is -2.30. The van der Waals surface area contributed by atoms with Crippen molar-refractivity contribution in [1.82, 2.24) is 15.1 Å². The molecule has 1 aromatic heterocycles. The molecule has 1 unspecified atom stereocenters. The van der Waals surface area contributed by atoms with Crippen LogP contribution in [0.3, 0.4) is 0 Å². The van der Waals surface area contributed by atoms with E-state index in [1.807, 2.05) is 0 Å². The number of hydrogen-bond donors (Lipinski definition) is 1. The Balaban J connectivity index is 1.88. The number of rotatable bonds is 1. The lowest BCUT2D eigenvalue weighted by Crippen LogP contribution is -2.39. The summed E-state index contributed by atoms with van der Waals surface area (Å²) in [5, 5.41) is 6.92. The van der Waals surface area contributed by atoms with E-state index in [1.54, 1.807) is 4.90 Å². The molecular formula is C13H19N3O3S. The Morgan fingerprint density at radius 3 is 3.00 bits per heavy atom. The van der Waals surface area contributed by atoms with Crippen molar-refractivity contribution in [1.29, 1.82) is 0 Å². The zero-order chi connectivity index (χ0) is 14.3. The van der Waals surface area contributed by atoms with Crippen LogP contribution in [0.5, 0.6) is 0 Å². The van der Waals surface area contributed by atoms with Crippen molar-refractivity contribution >= 4 is 15.7 Å². The topological polar surface area (TPSA) is 83.1 Å². The van der Waals surface area contributed by atoms with Gasteiger partial charge in [0.1, 0.15) is 0 Å². The summed E-state index contributed by atoms with van der Waals surface area (Å²) in [4.78, 5) is 14.3. The van der Waals surface area contributed by atoms with Crippen LogP contribution in [0.25, 0.3) is 0 Å². The number of aromatic amines is 1. The molecule has 7 heteroatoms. The van der Waals surface area contributed by atoms with Gasteiger partial charge in [0.25, 0.3) is 5.91 Å². The van der Waals surface area contributed by atoms with Crippen molar-refractivity contribution in [3.8, 4) is 0 Å². The summed E-state index contributed by atoms with van der Waals surface area (Å²) in [6, 6.07) is 0. The molecule has 1 saturated heterocycles. The third kappa shape index (κ3) is 2.46. The van der Waals surface area contributed by atoms with E-state index in [0.717, 1.165) is 31.6 Å². The van der Waals surface area contributed by atoms with Crippen molar-refractivity contribution in [2.45, 2.75) is 31.9 Å². The van der Waals surface area contributed by atoms with E-state index in [4.69, 9.17) is 0 Å². The number of nitrogens with one attached hydrogen (secondary N) is 1. The molecule has 1 amide bonds. The minimum atomic E-state index is -3.09. The van der Waals surface area contributed by atoms with Crippen molar-refractivity contribution in [3.05, 3.63) is 17.0 Å². The second-order valence-electron chi connectivity index (χ2n) is 5.87. The Kier molecular flexibility index (Phi) is 3.32. The fraction of sp³-hybridized carbons (Fsp3) is 0.692. The van der Waals surface area contributed by atoms with Gasteiger partial charge in [-0.05, 0) is 18.8 Å². The average Bonchev–Trinajstić information content (AvgIpc) is 2.79. The summed E-state index contributed by atoms with van der Waals surface area (Å²) in [6.45, 7) is 3.59. The first kappa shape index (κ1) is 13.6. The molecule has 0 saturated carbocycles. The number of fused-ring (bicyclic) bond motifs is 1. The van der Waals surface area contributed by atoms with Crippen LogP contribution in [0, 0.1) is 5.92 Å². The molecule has 3 heterocycles. The van der Waals surface area contributed by atoms with Gasteiger partial charge in [0.15, 0.2) is 15.5 Å². The number of aryl methyl sites for hydroxylation is 1. The maximum atomic E-state index is 12.5. The number of amides is 1. The fourth-order valence-corrected chi connectivity index (χ4v) is 4.42.